The molecule has 0 aromatic carbocycles. The first-order chi connectivity index (χ1) is 13.1. The molecule has 9 nitrogen and oxygen atoms in total. The van der Waals surface area contributed by atoms with Crippen LogP contribution in [-0.2, 0) is 11.3 Å². The molecule has 0 bridgehead atoms. The van der Waals surface area contributed by atoms with Crippen LogP contribution in [0.25, 0.3) is 0 Å². The van der Waals surface area contributed by atoms with E-state index in [9.17, 15) is 9.59 Å². The van der Waals surface area contributed by atoms with Gasteiger partial charge in [-0.15, -0.1) is 0 Å². The molecular formula is C18H24N6O3. The van der Waals surface area contributed by atoms with Crippen molar-refractivity contribution in [2.45, 2.75) is 45.1 Å². The Hall–Kier alpha value is -2.71. The monoisotopic (exact) mass is 372 g/mol. The van der Waals surface area contributed by atoms with Gasteiger partial charge in [0.1, 0.15) is 6.54 Å². The molecule has 1 atom stereocenters. The molecule has 0 unspecified atom stereocenters. The van der Waals surface area contributed by atoms with Crippen molar-refractivity contribution < 1.29 is 9.32 Å². The quantitative estimate of drug-likeness (QED) is 0.788. The van der Waals surface area contributed by atoms with E-state index in [4.69, 9.17) is 4.52 Å². The number of carbonyl (C=O) groups excluding carboxylic acids is 1. The number of amides is 1. The van der Waals surface area contributed by atoms with Crippen LogP contribution in [0, 0.1) is 6.92 Å². The zero-order chi connectivity index (χ0) is 18.8. The molecule has 0 saturated carbocycles. The number of aromatic nitrogens is 4. The summed E-state index contributed by atoms with van der Waals surface area (Å²) in [7, 11) is 0. The molecule has 1 amide bonds. The second-order valence-electron chi connectivity index (χ2n) is 7.25. The third-order valence-electron chi connectivity index (χ3n) is 5.29. The topological polar surface area (TPSA) is 97.4 Å². The molecule has 2 saturated heterocycles. The van der Waals surface area contributed by atoms with Crippen LogP contribution in [0.4, 0.5) is 5.69 Å². The van der Waals surface area contributed by atoms with E-state index in [-0.39, 0.29) is 23.9 Å². The van der Waals surface area contributed by atoms with Crippen molar-refractivity contribution in [2.75, 3.05) is 31.1 Å². The van der Waals surface area contributed by atoms with Gasteiger partial charge < -0.3 is 14.3 Å². The van der Waals surface area contributed by atoms with Gasteiger partial charge in [-0.2, -0.15) is 10.1 Å². The summed E-state index contributed by atoms with van der Waals surface area (Å²) < 4.78 is 6.29. The van der Waals surface area contributed by atoms with Crippen LogP contribution in [-0.4, -0.2) is 56.9 Å². The van der Waals surface area contributed by atoms with E-state index in [2.05, 4.69) is 20.1 Å². The molecule has 2 aliphatic rings. The van der Waals surface area contributed by atoms with Gasteiger partial charge in [0.15, 0.2) is 5.82 Å². The number of carbonyl (C=O) groups is 1. The predicted octanol–water partition coefficient (Wildman–Crippen LogP) is 0.941. The van der Waals surface area contributed by atoms with E-state index in [1.807, 2.05) is 0 Å². The highest BCUT2D eigenvalue weighted by molar-refractivity contribution is 5.76. The first-order valence-corrected chi connectivity index (χ1v) is 9.50. The third kappa shape index (κ3) is 3.86. The molecule has 0 radical (unpaired) electrons. The van der Waals surface area contributed by atoms with E-state index in [1.54, 1.807) is 24.1 Å². The van der Waals surface area contributed by atoms with E-state index in [0.29, 0.717) is 24.8 Å². The smallest absolute Gasteiger partial charge is 0.269 e. The summed E-state index contributed by atoms with van der Waals surface area (Å²) in [5.74, 6) is 1.14. The Balaban J connectivity index is 1.41. The number of hydrogen-bond acceptors (Lipinski definition) is 7. The normalized spacial score (nSPS) is 20.3. The number of anilines is 1. The molecule has 0 spiro atoms. The number of hydrogen-bond donors (Lipinski definition) is 0. The molecule has 0 aliphatic carbocycles. The molecule has 9 heteroatoms. The largest absolute Gasteiger partial charge is 0.370 e. The zero-order valence-electron chi connectivity index (χ0n) is 15.5. The lowest BCUT2D eigenvalue weighted by Gasteiger charge is -2.31. The summed E-state index contributed by atoms with van der Waals surface area (Å²) in [6.45, 7) is 4.83. The maximum atomic E-state index is 12.7. The van der Waals surface area contributed by atoms with Crippen LogP contribution in [0.5, 0.6) is 0 Å². The number of likely N-dealkylation sites (tertiary alicyclic amines) is 1. The van der Waals surface area contributed by atoms with Gasteiger partial charge in [0.2, 0.25) is 11.8 Å². The van der Waals surface area contributed by atoms with Gasteiger partial charge in [0, 0.05) is 45.1 Å². The SMILES string of the molecule is Cc1nc([C@@H]2CCCN(C(=O)Cn3ncc(N4CCCC4)cc3=O)C2)no1. The van der Waals surface area contributed by atoms with E-state index < -0.39 is 0 Å². The molecule has 2 aliphatic heterocycles. The number of rotatable bonds is 4. The Morgan fingerprint density at radius 1 is 1.26 bits per heavy atom. The Bertz CT molecular complexity index is 870. The van der Waals surface area contributed by atoms with Gasteiger partial charge in [-0.25, -0.2) is 4.68 Å². The summed E-state index contributed by atoms with van der Waals surface area (Å²) in [5, 5.41) is 8.20. The lowest BCUT2D eigenvalue weighted by molar-refractivity contribution is -0.133. The highest BCUT2D eigenvalue weighted by Gasteiger charge is 2.28. The second kappa shape index (κ2) is 7.50. The van der Waals surface area contributed by atoms with E-state index in [1.165, 1.54) is 4.68 Å². The standard InChI is InChI=1S/C18H24N6O3/c1-13-20-18(21-27-13)14-5-4-8-23(11-14)17(26)12-24-16(25)9-15(10-19-24)22-6-2-3-7-22/h9-10,14H,2-8,11-12H2,1H3/t14-/m1/s1. The summed E-state index contributed by atoms with van der Waals surface area (Å²) in [4.78, 5) is 33.3. The van der Waals surface area contributed by atoms with Crippen LogP contribution in [0.1, 0.15) is 43.3 Å². The summed E-state index contributed by atoms with van der Waals surface area (Å²) in [5.41, 5.74) is 0.599. The summed E-state index contributed by atoms with van der Waals surface area (Å²) in [6, 6.07) is 1.58. The minimum Gasteiger partial charge on any atom is -0.370 e. The first kappa shape index (κ1) is 17.7. The van der Waals surface area contributed by atoms with Crippen LogP contribution in [0.15, 0.2) is 21.6 Å². The summed E-state index contributed by atoms with van der Waals surface area (Å²) >= 11 is 0. The Morgan fingerprint density at radius 2 is 2.07 bits per heavy atom. The van der Waals surface area contributed by atoms with Gasteiger partial charge in [0.25, 0.3) is 5.56 Å². The fourth-order valence-electron chi connectivity index (χ4n) is 3.81. The van der Waals surface area contributed by atoms with Gasteiger partial charge in [0.05, 0.1) is 11.9 Å². The fraction of sp³-hybridized carbons (Fsp3) is 0.611. The zero-order valence-corrected chi connectivity index (χ0v) is 15.5. The van der Waals surface area contributed by atoms with Crippen LogP contribution in [0.2, 0.25) is 0 Å². The van der Waals surface area contributed by atoms with Crippen molar-refractivity contribution >= 4 is 11.6 Å². The van der Waals surface area contributed by atoms with Crippen LogP contribution < -0.4 is 10.5 Å². The molecule has 4 rings (SSSR count). The van der Waals surface area contributed by atoms with Crippen molar-refractivity contribution in [3.63, 3.8) is 0 Å². The lowest BCUT2D eigenvalue weighted by Crippen LogP contribution is -2.42. The highest BCUT2D eigenvalue weighted by atomic mass is 16.5. The van der Waals surface area contributed by atoms with Crippen molar-refractivity contribution in [2.24, 2.45) is 0 Å². The summed E-state index contributed by atoms with van der Waals surface area (Å²) in [6.07, 6.45) is 5.75. The van der Waals surface area contributed by atoms with Crippen molar-refractivity contribution in [3.05, 3.63) is 34.3 Å². The highest BCUT2D eigenvalue weighted by Crippen LogP contribution is 2.25. The number of aryl methyl sites for hydroxylation is 1. The fourth-order valence-corrected chi connectivity index (χ4v) is 3.81. The second-order valence-corrected chi connectivity index (χ2v) is 7.25. The molecule has 27 heavy (non-hydrogen) atoms. The lowest BCUT2D eigenvalue weighted by atomic mass is 9.97. The predicted molar refractivity (Wildman–Crippen MR) is 97.5 cm³/mol. The molecule has 144 valence electrons. The minimum atomic E-state index is -0.241. The number of nitrogens with zero attached hydrogens (tertiary/aromatic N) is 6. The van der Waals surface area contributed by atoms with E-state index in [0.717, 1.165) is 44.5 Å². The van der Waals surface area contributed by atoms with Gasteiger partial charge in [-0.1, -0.05) is 5.16 Å². The molecule has 2 fully saturated rings. The molecule has 2 aromatic heterocycles. The van der Waals surface area contributed by atoms with Gasteiger partial charge >= 0.3 is 0 Å². The Morgan fingerprint density at radius 3 is 2.78 bits per heavy atom. The third-order valence-corrected chi connectivity index (χ3v) is 5.29. The average Bonchev–Trinajstić information content (AvgIpc) is 3.35. The maximum absolute atomic E-state index is 12.7. The van der Waals surface area contributed by atoms with Crippen LogP contribution >= 0.6 is 0 Å². The molecular weight excluding hydrogens is 348 g/mol. The Labute approximate surface area is 157 Å². The van der Waals surface area contributed by atoms with Gasteiger partial charge in [-0.05, 0) is 25.7 Å². The molecule has 2 aromatic rings. The van der Waals surface area contributed by atoms with Crippen LogP contribution in [0.3, 0.4) is 0 Å². The molecule has 0 N–H and O–H groups in total. The molecule has 4 heterocycles. The van der Waals surface area contributed by atoms with E-state index >= 15 is 0 Å². The van der Waals surface area contributed by atoms with Crippen molar-refractivity contribution in [3.8, 4) is 0 Å². The average molecular weight is 372 g/mol. The van der Waals surface area contributed by atoms with Gasteiger partial charge in [-0.3, -0.25) is 9.59 Å². The number of piperidine rings is 1. The van der Waals surface area contributed by atoms with Crippen molar-refractivity contribution in [1.82, 2.24) is 24.8 Å². The Kier molecular flexibility index (Phi) is 4.91. The van der Waals surface area contributed by atoms with Crippen molar-refractivity contribution in [1.29, 1.82) is 0 Å². The minimum absolute atomic E-state index is 0.0445. The first-order valence-electron chi connectivity index (χ1n) is 9.50. The maximum Gasteiger partial charge on any atom is 0.269 e.